The standard InChI is InChI=1S/C18H17F6N3O2/c19-13-4-9-3-10(7-25-14(9)6-15(13)29-17(20)21)16(28)27-12-2-1-11(5-12)26-8-18(22,23)24/h3-4,6-7,11-12,17,26H,1-2,5,8H2,(H,27,28)/t11?,12-/m1/s1. The number of nitrogens with zero attached hydrogens (tertiary/aromatic N) is 1. The van der Waals surface area contributed by atoms with Gasteiger partial charge < -0.3 is 15.4 Å². The molecule has 2 atom stereocenters. The van der Waals surface area contributed by atoms with Gasteiger partial charge >= 0.3 is 12.8 Å². The summed E-state index contributed by atoms with van der Waals surface area (Å²) in [6, 6.07) is 2.64. The number of carbonyl (C=O) groups is 1. The first-order valence-corrected chi connectivity index (χ1v) is 8.76. The third kappa shape index (κ3) is 5.72. The number of fused-ring (bicyclic) bond motifs is 1. The summed E-state index contributed by atoms with van der Waals surface area (Å²) in [5.74, 6) is -2.18. The summed E-state index contributed by atoms with van der Waals surface area (Å²) < 4.78 is 79.3. The molecule has 11 heteroatoms. The van der Waals surface area contributed by atoms with Gasteiger partial charge in [-0.1, -0.05) is 0 Å². The Morgan fingerprint density at radius 3 is 2.62 bits per heavy atom. The first-order chi connectivity index (χ1) is 13.6. The van der Waals surface area contributed by atoms with Crippen molar-refractivity contribution in [3.8, 4) is 5.75 Å². The fraction of sp³-hybridized carbons (Fsp3) is 0.444. The highest BCUT2D eigenvalue weighted by atomic mass is 19.4. The molecule has 0 spiro atoms. The second kappa shape index (κ2) is 8.44. The zero-order chi connectivity index (χ0) is 21.2. The van der Waals surface area contributed by atoms with E-state index >= 15 is 0 Å². The highest BCUT2D eigenvalue weighted by molar-refractivity contribution is 5.97. The molecule has 2 aromatic rings. The molecule has 158 valence electrons. The summed E-state index contributed by atoms with van der Waals surface area (Å²) in [6.07, 6.45) is -1.73. The van der Waals surface area contributed by atoms with Gasteiger partial charge in [-0.15, -0.1) is 0 Å². The molecule has 1 saturated carbocycles. The molecular weight excluding hydrogens is 404 g/mol. The van der Waals surface area contributed by atoms with E-state index < -0.39 is 36.8 Å². The first kappa shape index (κ1) is 21.2. The summed E-state index contributed by atoms with van der Waals surface area (Å²) in [4.78, 5) is 16.4. The minimum atomic E-state index is -4.30. The minimum absolute atomic E-state index is 0.117. The van der Waals surface area contributed by atoms with Crippen molar-refractivity contribution in [3.63, 3.8) is 0 Å². The van der Waals surface area contributed by atoms with Crippen LogP contribution in [0, 0.1) is 5.82 Å². The van der Waals surface area contributed by atoms with E-state index in [0.717, 1.165) is 12.1 Å². The summed E-state index contributed by atoms with van der Waals surface area (Å²) in [7, 11) is 0. The zero-order valence-corrected chi connectivity index (χ0v) is 14.9. The Morgan fingerprint density at radius 1 is 1.21 bits per heavy atom. The Balaban J connectivity index is 1.64. The van der Waals surface area contributed by atoms with Crippen molar-refractivity contribution in [2.75, 3.05) is 6.54 Å². The number of ether oxygens (including phenoxy) is 1. The number of rotatable bonds is 6. The Kier molecular flexibility index (Phi) is 6.15. The molecular formula is C18H17F6N3O2. The van der Waals surface area contributed by atoms with Crippen LogP contribution in [0.25, 0.3) is 10.9 Å². The molecule has 1 amide bonds. The van der Waals surface area contributed by atoms with Crippen molar-refractivity contribution in [3.05, 3.63) is 35.8 Å². The number of carbonyl (C=O) groups excluding carboxylic acids is 1. The molecule has 0 bridgehead atoms. The van der Waals surface area contributed by atoms with Gasteiger partial charge in [-0.25, -0.2) is 4.39 Å². The maximum absolute atomic E-state index is 13.9. The molecule has 0 saturated heterocycles. The lowest BCUT2D eigenvalue weighted by molar-refractivity contribution is -0.126. The van der Waals surface area contributed by atoms with Crippen molar-refractivity contribution < 1.29 is 35.9 Å². The number of hydrogen-bond acceptors (Lipinski definition) is 4. The highest BCUT2D eigenvalue weighted by Gasteiger charge is 2.31. The van der Waals surface area contributed by atoms with Crippen molar-refractivity contribution in [1.82, 2.24) is 15.6 Å². The highest BCUT2D eigenvalue weighted by Crippen LogP contribution is 2.26. The zero-order valence-electron chi connectivity index (χ0n) is 14.9. The Morgan fingerprint density at radius 2 is 1.93 bits per heavy atom. The Hall–Kier alpha value is -2.56. The number of nitrogens with one attached hydrogen (secondary N) is 2. The third-order valence-electron chi connectivity index (χ3n) is 4.57. The van der Waals surface area contributed by atoms with Gasteiger partial charge in [-0.05, 0) is 31.4 Å². The molecule has 3 rings (SSSR count). The molecule has 1 fully saturated rings. The van der Waals surface area contributed by atoms with Gasteiger partial charge in [-0.3, -0.25) is 9.78 Å². The number of alkyl halides is 5. The number of amides is 1. The molecule has 2 N–H and O–H groups in total. The molecule has 29 heavy (non-hydrogen) atoms. The molecule has 1 unspecified atom stereocenters. The van der Waals surface area contributed by atoms with Crippen LogP contribution in [0.2, 0.25) is 0 Å². The molecule has 5 nitrogen and oxygen atoms in total. The lowest BCUT2D eigenvalue weighted by Crippen LogP contribution is -2.38. The van der Waals surface area contributed by atoms with E-state index in [4.69, 9.17) is 0 Å². The van der Waals surface area contributed by atoms with Crippen LogP contribution in [0.1, 0.15) is 29.6 Å². The van der Waals surface area contributed by atoms with Crippen molar-refractivity contribution in [1.29, 1.82) is 0 Å². The Bertz CT molecular complexity index is 890. The second-order valence-electron chi connectivity index (χ2n) is 6.75. The second-order valence-corrected chi connectivity index (χ2v) is 6.75. The van der Waals surface area contributed by atoms with Gasteiger partial charge in [0.1, 0.15) is 0 Å². The van der Waals surface area contributed by atoms with Gasteiger partial charge in [0, 0.05) is 29.7 Å². The number of hydrogen-bond donors (Lipinski definition) is 2. The van der Waals surface area contributed by atoms with Crippen molar-refractivity contribution >= 4 is 16.8 Å². The number of pyridine rings is 1. The van der Waals surface area contributed by atoms with E-state index in [9.17, 15) is 31.1 Å². The number of halogens is 6. The smallest absolute Gasteiger partial charge is 0.401 e. The normalized spacial score (nSPS) is 19.7. The fourth-order valence-electron chi connectivity index (χ4n) is 3.27. The quantitative estimate of drug-likeness (QED) is 0.697. The maximum Gasteiger partial charge on any atom is 0.401 e. The SMILES string of the molecule is O=C(N[C@@H]1CCC(NCC(F)(F)F)C1)c1cnc2cc(OC(F)F)c(F)cc2c1. The van der Waals surface area contributed by atoms with E-state index in [0.29, 0.717) is 19.3 Å². The van der Waals surface area contributed by atoms with Crippen molar-refractivity contribution in [2.24, 2.45) is 0 Å². The maximum atomic E-state index is 13.9. The van der Waals surface area contributed by atoms with Gasteiger partial charge in [0.15, 0.2) is 11.6 Å². The lowest BCUT2D eigenvalue weighted by atomic mass is 10.1. The van der Waals surface area contributed by atoms with Crippen LogP contribution in [0.5, 0.6) is 5.75 Å². The third-order valence-corrected chi connectivity index (χ3v) is 4.57. The largest absolute Gasteiger partial charge is 0.432 e. The van der Waals surface area contributed by atoms with Crippen LogP contribution in [0.4, 0.5) is 26.3 Å². The van der Waals surface area contributed by atoms with Gasteiger partial charge in [-0.2, -0.15) is 22.0 Å². The molecule has 0 radical (unpaired) electrons. The van der Waals surface area contributed by atoms with Crippen molar-refractivity contribution in [2.45, 2.75) is 44.1 Å². The monoisotopic (exact) mass is 421 g/mol. The van der Waals surface area contributed by atoms with Crippen LogP contribution >= 0.6 is 0 Å². The first-order valence-electron chi connectivity index (χ1n) is 8.76. The van der Waals surface area contributed by atoms with Crippen LogP contribution in [-0.4, -0.2) is 42.3 Å². The molecule has 1 aliphatic rings. The van der Waals surface area contributed by atoms with E-state index in [-0.39, 0.29) is 28.6 Å². The average molecular weight is 421 g/mol. The predicted octanol–water partition coefficient (Wildman–Crippen LogP) is 3.78. The number of aromatic nitrogens is 1. The summed E-state index contributed by atoms with van der Waals surface area (Å²) in [6.45, 7) is -4.27. The van der Waals surface area contributed by atoms with Gasteiger partial charge in [0.25, 0.3) is 5.91 Å². The van der Waals surface area contributed by atoms with E-state index in [1.54, 1.807) is 0 Å². The Labute approximate surface area is 161 Å². The van der Waals surface area contributed by atoms with E-state index in [1.807, 2.05) is 0 Å². The summed E-state index contributed by atoms with van der Waals surface area (Å²) in [5.41, 5.74) is 0.280. The van der Waals surface area contributed by atoms with Gasteiger partial charge in [0.05, 0.1) is 17.6 Å². The minimum Gasteiger partial charge on any atom is -0.432 e. The number of benzene rings is 1. The van der Waals surface area contributed by atoms with Gasteiger partial charge in [0.2, 0.25) is 0 Å². The summed E-state index contributed by atoms with van der Waals surface area (Å²) in [5, 5.41) is 5.36. The molecule has 1 heterocycles. The lowest BCUT2D eigenvalue weighted by Gasteiger charge is -2.16. The molecule has 0 aliphatic heterocycles. The van der Waals surface area contributed by atoms with Crippen LogP contribution in [0.3, 0.4) is 0 Å². The predicted molar refractivity (Wildman–Crippen MR) is 91.3 cm³/mol. The molecule has 1 aromatic carbocycles. The fourth-order valence-corrected chi connectivity index (χ4v) is 3.27. The molecule has 1 aliphatic carbocycles. The average Bonchev–Trinajstić information content (AvgIpc) is 3.06. The van der Waals surface area contributed by atoms with Crippen LogP contribution in [-0.2, 0) is 0 Å². The van der Waals surface area contributed by atoms with E-state index in [1.165, 1.54) is 12.3 Å². The van der Waals surface area contributed by atoms with Crippen LogP contribution < -0.4 is 15.4 Å². The summed E-state index contributed by atoms with van der Waals surface area (Å²) >= 11 is 0. The molecule has 1 aromatic heterocycles. The van der Waals surface area contributed by atoms with E-state index in [2.05, 4.69) is 20.4 Å². The topological polar surface area (TPSA) is 63.2 Å². The van der Waals surface area contributed by atoms with Crippen LogP contribution in [0.15, 0.2) is 24.4 Å².